The first-order valence-electron chi connectivity index (χ1n) is 5.35. The molecule has 92 valence electrons. The molecule has 1 unspecified atom stereocenters. The molecule has 1 atom stereocenters. The minimum absolute atomic E-state index is 0.146. The van der Waals surface area contributed by atoms with Gasteiger partial charge in [-0.25, -0.2) is 4.79 Å². The number of rotatable bonds is 6. The topological polar surface area (TPSA) is 66.8 Å². The van der Waals surface area contributed by atoms with Crippen LogP contribution in [0, 0.1) is 0 Å². The van der Waals surface area contributed by atoms with Gasteiger partial charge in [-0.1, -0.05) is 24.3 Å². The van der Waals surface area contributed by atoms with Crippen molar-refractivity contribution in [3.8, 4) is 5.75 Å². The van der Waals surface area contributed by atoms with E-state index in [1.54, 1.807) is 12.1 Å². The summed E-state index contributed by atoms with van der Waals surface area (Å²) in [4.78, 5) is 10.5. The summed E-state index contributed by atoms with van der Waals surface area (Å²) < 4.78 is 5.33. The molecule has 0 aliphatic heterocycles. The van der Waals surface area contributed by atoms with Crippen LogP contribution in [0.5, 0.6) is 5.75 Å². The molecule has 1 aromatic carbocycles. The van der Waals surface area contributed by atoms with E-state index in [4.69, 9.17) is 9.84 Å². The van der Waals surface area contributed by atoms with E-state index in [2.05, 4.69) is 0 Å². The number of hydrogen-bond donors (Lipinski definition) is 2. The van der Waals surface area contributed by atoms with Crippen LogP contribution in [-0.2, 0) is 4.79 Å². The van der Waals surface area contributed by atoms with E-state index in [1.165, 1.54) is 13.0 Å². The number of para-hydroxylation sites is 1. The number of aliphatic carboxylic acids is 1. The average molecular weight is 236 g/mol. The zero-order chi connectivity index (χ0) is 12.7. The van der Waals surface area contributed by atoms with Gasteiger partial charge in [0, 0.05) is 5.57 Å². The first-order chi connectivity index (χ1) is 8.09. The molecule has 0 radical (unpaired) electrons. The summed E-state index contributed by atoms with van der Waals surface area (Å²) in [7, 11) is 0. The normalized spacial score (nSPS) is 13.2. The van der Waals surface area contributed by atoms with Crippen LogP contribution in [0.3, 0.4) is 0 Å². The minimum Gasteiger partial charge on any atom is -0.491 e. The van der Waals surface area contributed by atoms with Gasteiger partial charge in [-0.3, -0.25) is 0 Å². The van der Waals surface area contributed by atoms with Crippen molar-refractivity contribution in [2.24, 2.45) is 0 Å². The Balaban J connectivity index is 2.33. The van der Waals surface area contributed by atoms with Crippen LogP contribution in [0.15, 0.2) is 42.0 Å². The third-order valence-electron chi connectivity index (χ3n) is 2.22. The van der Waals surface area contributed by atoms with Gasteiger partial charge in [-0.05, 0) is 25.5 Å². The number of aliphatic hydroxyl groups is 1. The molecular formula is C13H16O4. The smallest absolute Gasteiger partial charge is 0.330 e. The maximum Gasteiger partial charge on any atom is 0.330 e. The predicted octanol–water partition coefficient (Wildman–Crippen LogP) is 1.85. The van der Waals surface area contributed by atoms with Crippen LogP contribution >= 0.6 is 0 Å². The molecule has 4 heteroatoms. The fourth-order valence-electron chi connectivity index (χ4n) is 1.18. The van der Waals surface area contributed by atoms with Crippen molar-refractivity contribution < 1.29 is 19.7 Å². The monoisotopic (exact) mass is 236 g/mol. The van der Waals surface area contributed by atoms with Crippen molar-refractivity contribution in [2.45, 2.75) is 19.4 Å². The number of benzene rings is 1. The molecule has 0 amide bonds. The second-order valence-electron chi connectivity index (χ2n) is 3.71. The van der Waals surface area contributed by atoms with Crippen LogP contribution in [-0.4, -0.2) is 28.9 Å². The summed E-state index contributed by atoms with van der Waals surface area (Å²) >= 11 is 0. The molecule has 0 heterocycles. The lowest BCUT2D eigenvalue weighted by Gasteiger charge is -2.10. The van der Waals surface area contributed by atoms with Crippen LogP contribution in [0.1, 0.15) is 13.3 Å². The van der Waals surface area contributed by atoms with Gasteiger partial charge >= 0.3 is 5.97 Å². The molecule has 1 aromatic rings. The van der Waals surface area contributed by atoms with Gasteiger partial charge in [0.15, 0.2) is 0 Å². The molecule has 0 spiro atoms. The summed E-state index contributed by atoms with van der Waals surface area (Å²) in [6.07, 6.45) is 1.05. The largest absolute Gasteiger partial charge is 0.491 e. The molecule has 0 aliphatic rings. The zero-order valence-electron chi connectivity index (χ0n) is 9.67. The molecule has 0 bridgehead atoms. The lowest BCUT2D eigenvalue weighted by Crippen LogP contribution is -2.16. The van der Waals surface area contributed by atoms with Gasteiger partial charge < -0.3 is 14.9 Å². The molecule has 0 aliphatic carbocycles. The number of carbonyl (C=O) groups is 1. The Kier molecular flexibility index (Phi) is 5.23. The van der Waals surface area contributed by atoms with Crippen LogP contribution in [0.25, 0.3) is 0 Å². The lowest BCUT2D eigenvalue weighted by molar-refractivity contribution is -0.132. The first kappa shape index (κ1) is 13.3. The van der Waals surface area contributed by atoms with Crippen molar-refractivity contribution in [2.75, 3.05) is 6.61 Å². The van der Waals surface area contributed by atoms with Crippen molar-refractivity contribution in [1.82, 2.24) is 0 Å². The van der Waals surface area contributed by atoms with Crippen LogP contribution in [0.2, 0.25) is 0 Å². The lowest BCUT2D eigenvalue weighted by atomic mass is 10.2. The first-order valence-corrected chi connectivity index (χ1v) is 5.35. The van der Waals surface area contributed by atoms with E-state index < -0.39 is 12.1 Å². The summed E-state index contributed by atoms with van der Waals surface area (Å²) in [5, 5.41) is 18.2. The summed E-state index contributed by atoms with van der Waals surface area (Å²) in [5.41, 5.74) is 0.226. The molecule has 17 heavy (non-hydrogen) atoms. The van der Waals surface area contributed by atoms with Crippen molar-refractivity contribution in [1.29, 1.82) is 0 Å². The second kappa shape index (κ2) is 6.70. The molecule has 0 saturated carbocycles. The Morgan fingerprint density at radius 3 is 2.65 bits per heavy atom. The number of hydrogen-bond acceptors (Lipinski definition) is 3. The Morgan fingerprint density at radius 1 is 1.41 bits per heavy atom. The molecule has 0 aromatic heterocycles. The molecule has 1 rings (SSSR count). The highest BCUT2D eigenvalue weighted by molar-refractivity contribution is 5.85. The molecular weight excluding hydrogens is 220 g/mol. The summed E-state index contributed by atoms with van der Waals surface area (Å²) in [6, 6.07) is 9.16. The van der Waals surface area contributed by atoms with E-state index in [9.17, 15) is 9.90 Å². The number of aliphatic hydroxyl groups excluding tert-OH is 1. The highest BCUT2D eigenvalue weighted by Crippen LogP contribution is 2.09. The Labute approximate surface area is 100 Å². The van der Waals surface area contributed by atoms with Crippen molar-refractivity contribution in [3.63, 3.8) is 0 Å². The van der Waals surface area contributed by atoms with Gasteiger partial charge in [0.05, 0.1) is 6.10 Å². The standard InChI is InChI=1S/C13H16O4/c1-10(13(15)16)7-8-11(14)9-17-12-5-3-2-4-6-12/h2-7,11,14H,8-9H2,1H3,(H,15,16)/b10-7+. The van der Waals surface area contributed by atoms with Gasteiger partial charge in [0.1, 0.15) is 12.4 Å². The average Bonchev–Trinajstić information content (AvgIpc) is 2.34. The Morgan fingerprint density at radius 2 is 2.06 bits per heavy atom. The van der Waals surface area contributed by atoms with E-state index in [-0.39, 0.29) is 18.6 Å². The Hall–Kier alpha value is -1.81. The third kappa shape index (κ3) is 5.17. The Bertz CT molecular complexity index is 384. The number of carboxylic acid groups (broad SMARTS) is 1. The zero-order valence-corrected chi connectivity index (χ0v) is 9.67. The molecule has 0 saturated heterocycles. The minimum atomic E-state index is -0.971. The van der Waals surface area contributed by atoms with Gasteiger partial charge in [-0.2, -0.15) is 0 Å². The molecule has 2 N–H and O–H groups in total. The second-order valence-corrected chi connectivity index (χ2v) is 3.71. The van der Waals surface area contributed by atoms with E-state index in [1.807, 2.05) is 18.2 Å². The van der Waals surface area contributed by atoms with Gasteiger partial charge in [0.25, 0.3) is 0 Å². The summed E-state index contributed by atoms with van der Waals surface area (Å²) in [6.45, 7) is 1.64. The maximum atomic E-state index is 10.5. The van der Waals surface area contributed by atoms with Crippen molar-refractivity contribution in [3.05, 3.63) is 42.0 Å². The number of carboxylic acids is 1. The molecule has 0 fully saturated rings. The van der Waals surface area contributed by atoms with Crippen LogP contribution < -0.4 is 4.74 Å². The highest BCUT2D eigenvalue weighted by atomic mass is 16.5. The maximum absolute atomic E-state index is 10.5. The predicted molar refractivity (Wildman–Crippen MR) is 64.0 cm³/mol. The highest BCUT2D eigenvalue weighted by Gasteiger charge is 2.05. The quantitative estimate of drug-likeness (QED) is 0.740. The number of ether oxygens (including phenoxy) is 1. The van der Waals surface area contributed by atoms with Gasteiger partial charge in [-0.15, -0.1) is 0 Å². The fraction of sp³-hybridized carbons (Fsp3) is 0.308. The SMILES string of the molecule is C/C(=C\CC(O)COc1ccccc1)C(=O)O. The van der Waals surface area contributed by atoms with Crippen LogP contribution in [0.4, 0.5) is 0 Å². The van der Waals surface area contributed by atoms with E-state index in [0.29, 0.717) is 5.75 Å². The fourth-order valence-corrected chi connectivity index (χ4v) is 1.18. The van der Waals surface area contributed by atoms with Gasteiger partial charge in [0.2, 0.25) is 0 Å². The van der Waals surface area contributed by atoms with E-state index in [0.717, 1.165) is 0 Å². The third-order valence-corrected chi connectivity index (χ3v) is 2.22. The summed E-state index contributed by atoms with van der Waals surface area (Å²) in [5.74, 6) is -0.285. The van der Waals surface area contributed by atoms with Crippen molar-refractivity contribution >= 4 is 5.97 Å². The van der Waals surface area contributed by atoms with E-state index >= 15 is 0 Å². The molecule has 4 nitrogen and oxygen atoms in total.